The third-order valence-electron chi connectivity index (χ3n) is 5.08. The highest BCUT2D eigenvalue weighted by Crippen LogP contribution is 2.32. The topological polar surface area (TPSA) is 39.3 Å². The summed E-state index contributed by atoms with van der Waals surface area (Å²) in [6.45, 7) is 5.47. The van der Waals surface area contributed by atoms with Gasteiger partial charge in [-0.25, -0.2) is 8.78 Å². The first-order valence-electron chi connectivity index (χ1n) is 8.91. The molecule has 0 unspecified atom stereocenters. The van der Waals surface area contributed by atoms with Gasteiger partial charge < -0.3 is 4.57 Å². The Morgan fingerprint density at radius 2 is 1.64 bits per heavy atom. The molecule has 142 valence electrons. The number of benzene rings is 2. The molecule has 6 heteroatoms. The van der Waals surface area contributed by atoms with E-state index in [1.165, 1.54) is 16.6 Å². The van der Waals surface area contributed by atoms with Gasteiger partial charge in [0.15, 0.2) is 0 Å². The Kier molecular flexibility index (Phi) is 4.14. The first-order chi connectivity index (χ1) is 13.3. The van der Waals surface area contributed by atoms with Crippen molar-refractivity contribution >= 4 is 5.65 Å². The summed E-state index contributed by atoms with van der Waals surface area (Å²) in [5, 5.41) is 4.43. The molecule has 2 aromatic carbocycles. The van der Waals surface area contributed by atoms with Crippen LogP contribution in [0.25, 0.3) is 28.0 Å². The van der Waals surface area contributed by atoms with Crippen LogP contribution in [-0.4, -0.2) is 14.2 Å². The Hall–Kier alpha value is -3.28. The minimum atomic E-state index is -0.712. The first-order valence-corrected chi connectivity index (χ1v) is 8.91. The standard InChI is InChI=1S/C22H19F2N3O/c1-12-5-7-15(8-6-12)19-14(3)25-27-21(19)26(4)20(13(2)22(27)28)17-10-9-16(23)11-18(17)24/h5-11H,1-4H3. The number of halogens is 2. The maximum atomic E-state index is 14.5. The summed E-state index contributed by atoms with van der Waals surface area (Å²) in [6, 6.07) is 11.3. The maximum absolute atomic E-state index is 14.5. The molecule has 0 bridgehead atoms. The number of aryl methyl sites for hydroxylation is 3. The molecule has 4 aromatic rings. The van der Waals surface area contributed by atoms with E-state index in [4.69, 9.17) is 0 Å². The zero-order chi connectivity index (χ0) is 20.2. The summed E-state index contributed by atoms with van der Waals surface area (Å²) < 4.78 is 31.0. The third-order valence-corrected chi connectivity index (χ3v) is 5.08. The number of hydrogen-bond donors (Lipinski definition) is 0. The first kappa shape index (κ1) is 18.1. The fourth-order valence-electron chi connectivity index (χ4n) is 3.71. The number of nitrogens with zero attached hydrogens (tertiary/aromatic N) is 3. The van der Waals surface area contributed by atoms with Gasteiger partial charge in [-0.15, -0.1) is 0 Å². The SMILES string of the molecule is Cc1ccc(-c2c(C)nn3c(=O)c(C)c(-c4ccc(F)cc4F)n(C)c23)cc1. The Morgan fingerprint density at radius 1 is 0.964 bits per heavy atom. The molecule has 2 aromatic heterocycles. The van der Waals surface area contributed by atoms with Crippen molar-refractivity contribution in [2.24, 2.45) is 7.05 Å². The van der Waals surface area contributed by atoms with Crippen LogP contribution in [0.4, 0.5) is 8.78 Å². The lowest BCUT2D eigenvalue weighted by Crippen LogP contribution is -2.23. The van der Waals surface area contributed by atoms with E-state index in [1.54, 1.807) is 18.5 Å². The molecule has 0 amide bonds. The van der Waals surface area contributed by atoms with E-state index in [1.807, 2.05) is 38.1 Å². The van der Waals surface area contributed by atoms with E-state index < -0.39 is 11.6 Å². The highest BCUT2D eigenvalue weighted by molar-refractivity contribution is 5.82. The highest BCUT2D eigenvalue weighted by atomic mass is 19.1. The van der Waals surface area contributed by atoms with Crippen LogP contribution in [0.2, 0.25) is 0 Å². The quantitative estimate of drug-likeness (QED) is 0.512. The second-order valence-electron chi connectivity index (χ2n) is 7.02. The number of rotatable bonds is 2. The largest absolute Gasteiger partial charge is 0.328 e. The molecule has 0 aliphatic heterocycles. The monoisotopic (exact) mass is 379 g/mol. The number of aromatic nitrogens is 3. The lowest BCUT2D eigenvalue weighted by Gasteiger charge is -2.16. The lowest BCUT2D eigenvalue weighted by atomic mass is 10.0. The molecule has 0 atom stereocenters. The maximum Gasteiger partial charge on any atom is 0.277 e. The molecule has 0 fully saturated rings. The molecule has 0 saturated heterocycles. The van der Waals surface area contributed by atoms with E-state index in [-0.39, 0.29) is 11.1 Å². The summed E-state index contributed by atoms with van der Waals surface area (Å²) in [5.41, 5.74) is 4.72. The van der Waals surface area contributed by atoms with Crippen molar-refractivity contribution in [3.8, 4) is 22.4 Å². The van der Waals surface area contributed by atoms with Gasteiger partial charge in [0.05, 0.1) is 11.4 Å². The zero-order valence-electron chi connectivity index (χ0n) is 16.0. The summed E-state index contributed by atoms with van der Waals surface area (Å²) in [6.07, 6.45) is 0. The van der Waals surface area contributed by atoms with Crippen molar-refractivity contribution < 1.29 is 8.78 Å². The fraction of sp³-hybridized carbons (Fsp3) is 0.182. The number of hydrogen-bond acceptors (Lipinski definition) is 2. The Morgan fingerprint density at radius 3 is 2.29 bits per heavy atom. The normalized spacial score (nSPS) is 11.4. The lowest BCUT2D eigenvalue weighted by molar-refractivity contribution is 0.584. The van der Waals surface area contributed by atoms with Crippen LogP contribution in [0.1, 0.15) is 16.8 Å². The second-order valence-corrected chi connectivity index (χ2v) is 7.02. The molecule has 0 radical (unpaired) electrons. The Bertz CT molecular complexity index is 1280. The van der Waals surface area contributed by atoms with Crippen molar-refractivity contribution in [3.05, 3.63) is 81.3 Å². The van der Waals surface area contributed by atoms with Gasteiger partial charge in [-0.2, -0.15) is 9.61 Å². The third kappa shape index (κ3) is 2.64. The predicted molar refractivity (Wildman–Crippen MR) is 105 cm³/mol. The minimum absolute atomic E-state index is 0.176. The molecule has 4 nitrogen and oxygen atoms in total. The summed E-state index contributed by atoms with van der Waals surface area (Å²) in [7, 11) is 1.76. The number of fused-ring (bicyclic) bond motifs is 1. The molecular formula is C22H19F2N3O. The summed E-state index contributed by atoms with van der Waals surface area (Å²) in [5.74, 6) is -1.37. The van der Waals surface area contributed by atoms with E-state index >= 15 is 0 Å². The van der Waals surface area contributed by atoms with E-state index in [2.05, 4.69) is 5.10 Å². The van der Waals surface area contributed by atoms with Crippen LogP contribution in [0.3, 0.4) is 0 Å². The molecule has 0 aliphatic rings. The molecular weight excluding hydrogens is 360 g/mol. The van der Waals surface area contributed by atoms with Gasteiger partial charge in [0.1, 0.15) is 17.3 Å². The van der Waals surface area contributed by atoms with Gasteiger partial charge >= 0.3 is 0 Å². The molecule has 28 heavy (non-hydrogen) atoms. The van der Waals surface area contributed by atoms with Crippen molar-refractivity contribution in [1.82, 2.24) is 14.2 Å². The second kappa shape index (κ2) is 6.41. The molecule has 0 saturated carbocycles. The van der Waals surface area contributed by atoms with Gasteiger partial charge in [0.25, 0.3) is 5.56 Å². The summed E-state index contributed by atoms with van der Waals surface area (Å²) >= 11 is 0. The Balaban J connectivity index is 2.13. The van der Waals surface area contributed by atoms with Crippen molar-refractivity contribution in [2.75, 3.05) is 0 Å². The van der Waals surface area contributed by atoms with Crippen molar-refractivity contribution in [3.63, 3.8) is 0 Å². The molecule has 0 N–H and O–H groups in total. The zero-order valence-corrected chi connectivity index (χ0v) is 16.0. The molecule has 2 heterocycles. The van der Waals surface area contributed by atoms with Gasteiger partial charge in [-0.3, -0.25) is 4.79 Å². The smallest absolute Gasteiger partial charge is 0.277 e. The van der Waals surface area contributed by atoms with Crippen LogP contribution >= 0.6 is 0 Å². The van der Waals surface area contributed by atoms with Gasteiger partial charge in [-0.1, -0.05) is 29.8 Å². The average Bonchev–Trinajstić information content (AvgIpc) is 3.00. The van der Waals surface area contributed by atoms with Crippen molar-refractivity contribution in [1.29, 1.82) is 0 Å². The minimum Gasteiger partial charge on any atom is -0.328 e. The van der Waals surface area contributed by atoms with E-state index in [9.17, 15) is 13.6 Å². The average molecular weight is 379 g/mol. The van der Waals surface area contributed by atoms with Crippen molar-refractivity contribution in [2.45, 2.75) is 20.8 Å². The van der Waals surface area contributed by atoms with E-state index in [0.29, 0.717) is 22.6 Å². The van der Waals surface area contributed by atoms with Crippen LogP contribution in [0, 0.1) is 32.4 Å². The van der Waals surface area contributed by atoms with Gasteiger partial charge in [0, 0.05) is 29.8 Å². The summed E-state index contributed by atoms with van der Waals surface area (Å²) in [4.78, 5) is 13.0. The fourth-order valence-corrected chi connectivity index (χ4v) is 3.71. The predicted octanol–water partition coefficient (Wildman–Crippen LogP) is 4.57. The van der Waals surface area contributed by atoms with Crippen LogP contribution in [0.5, 0.6) is 0 Å². The van der Waals surface area contributed by atoms with Crippen LogP contribution < -0.4 is 5.56 Å². The van der Waals surface area contributed by atoms with E-state index in [0.717, 1.165) is 22.8 Å². The Labute approximate surface area is 160 Å². The van der Waals surface area contributed by atoms with Gasteiger partial charge in [0.2, 0.25) is 0 Å². The molecule has 0 spiro atoms. The molecule has 0 aliphatic carbocycles. The highest BCUT2D eigenvalue weighted by Gasteiger charge is 2.22. The molecule has 4 rings (SSSR count). The van der Waals surface area contributed by atoms with Gasteiger partial charge in [-0.05, 0) is 38.5 Å². The van der Waals surface area contributed by atoms with Crippen LogP contribution in [-0.2, 0) is 7.05 Å². The van der Waals surface area contributed by atoms with Crippen LogP contribution in [0.15, 0.2) is 47.3 Å².